The van der Waals surface area contributed by atoms with Crippen LogP contribution in [0.1, 0.15) is 30.4 Å². The van der Waals surface area contributed by atoms with Crippen molar-refractivity contribution in [3.8, 4) is 11.5 Å². The van der Waals surface area contributed by atoms with Gasteiger partial charge in [-0.3, -0.25) is 4.79 Å². The lowest BCUT2D eigenvalue weighted by Crippen LogP contribution is -2.24. The topological polar surface area (TPSA) is 69.6 Å². The normalized spacial score (nSPS) is 11.9. The van der Waals surface area contributed by atoms with Crippen molar-refractivity contribution in [3.63, 3.8) is 0 Å². The number of phenols is 2. The van der Waals surface area contributed by atoms with E-state index in [1.165, 1.54) is 12.1 Å². The Hall–Kier alpha value is -2.49. The molecule has 2 aromatic rings. The predicted molar refractivity (Wildman–Crippen MR) is 81.1 cm³/mol. The molecule has 0 bridgehead atoms. The lowest BCUT2D eigenvalue weighted by molar-refractivity contribution is -0.121. The monoisotopic (exact) mass is 285 g/mol. The van der Waals surface area contributed by atoms with E-state index in [-0.39, 0.29) is 23.3 Å². The molecule has 2 rings (SSSR count). The Morgan fingerprint density at radius 1 is 1.10 bits per heavy atom. The molecule has 4 nitrogen and oxygen atoms in total. The van der Waals surface area contributed by atoms with E-state index in [0.717, 1.165) is 11.1 Å². The largest absolute Gasteiger partial charge is 0.504 e. The zero-order chi connectivity index (χ0) is 15.2. The first-order chi connectivity index (χ1) is 10.1. The summed E-state index contributed by atoms with van der Waals surface area (Å²) in [5.41, 5.74) is 1.88. The van der Waals surface area contributed by atoms with Gasteiger partial charge in [0.25, 0.3) is 0 Å². The zero-order valence-electron chi connectivity index (χ0n) is 11.9. The second-order valence-corrected chi connectivity index (χ2v) is 5.12. The van der Waals surface area contributed by atoms with Gasteiger partial charge in [0.1, 0.15) is 0 Å². The summed E-state index contributed by atoms with van der Waals surface area (Å²) in [5, 5.41) is 21.6. The number of carbonyl (C=O) groups excluding carboxylic acids is 1. The van der Waals surface area contributed by atoms with Gasteiger partial charge >= 0.3 is 0 Å². The number of benzene rings is 2. The average molecular weight is 285 g/mol. The number of hydrogen-bond donors (Lipinski definition) is 3. The highest BCUT2D eigenvalue weighted by atomic mass is 16.3. The molecule has 1 unspecified atom stereocenters. The number of rotatable bonds is 5. The lowest BCUT2D eigenvalue weighted by atomic mass is 9.97. The molecule has 0 radical (unpaired) electrons. The number of hydrogen-bond acceptors (Lipinski definition) is 3. The molecule has 0 aliphatic carbocycles. The first kappa shape index (κ1) is 14.9. The minimum atomic E-state index is -0.163. The van der Waals surface area contributed by atoms with E-state index in [0.29, 0.717) is 13.0 Å². The Morgan fingerprint density at radius 2 is 1.81 bits per heavy atom. The highest BCUT2D eigenvalue weighted by molar-refractivity contribution is 5.76. The summed E-state index contributed by atoms with van der Waals surface area (Å²) in [4.78, 5) is 11.9. The third-order valence-electron chi connectivity index (χ3n) is 3.39. The lowest BCUT2D eigenvalue weighted by Gasteiger charge is -2.13. The molecule has 0 saturated carbocycles. The van der Waals surface area contributed by atoms with Crippen LogP contribution in [0.5, 0.6) is 11.5 Å². The third kappa shape index (κ3) is 4.24. The molecule has 1 atom stereocenters. The molecule has 110 valence electrons. The van der Waals surface area contributed by atoms with Crippen LogP contribution in [0.2, 0.25) is 0 Å². The maximum Gasteiger partial charge on any atom is 0.220 e. The molecule has 1 amide bonds. The van der Waals surface area contributed by atoms with Crippen LogP contribution in [0, 0.1) is 0 Å². The fourth-order valence-corrected chi connectivity index (χ4v) is 2.11. The molecule has 0 fully saturated rings. The van der Waals surface area contributed by atoms with Gasteiger partial charge in [-0.25, -0.2) is 0 Å². The fraction of sp³-hybridized carbons (Fsp3) is 0.235. The summed E-state index contributed by atoms with van der Waals surface area (Å²) >= 11 is 0. The molecular weight excluding hydrogens is 266 g/mol. The molecule has 0 aliphatic heterocycles. The van der Waals surface area contributed by atoms with E-state index in [4.69, 9.17) is 0 Å². The van der Waals surface area contributed by atoms with Gasteiger partial charge in [0.15, 0.2) is 11.5 Å². The van der Waals surface area contributed by atoms with E-state index >= 15 is 0 Å². The Morgan fingerprint density at radius 3 is 2.48 bits per heavy atom. The maximum absolute atomic E-state index is 11.9. The molecular formula is C17H19NO3. The Labute approximate surface area is 124 Å². The second kappa shape index (κ2) is 6.79. The first-order valence-electron chi connectivity index (χ1n) is 6.88. The van der Waals surface area contributed by atoms with Crippen molar-refractivity contribution >= 4 is 5.91 Å². The molecule has 0 aliphatic rings. The van der Waals surface area contributed by atoms with Crippen LogP contribution in [-0.4, -0.2) is 16.1 Å². The number of amides is 1. The van der Waals surface area contributed by atoms with E-state index in [1.807, 2.05) is 37.3 Å². The van der Waals surface area contributed by atoms with Crippen LogP contribution in [0.25, 0.3) is 0 Å². The van der Waals surface area contributed by atoms with Gasteiger partial charge < -0.3 is 15.5 Å². The Kier molecular flexibility index (Phi) is 4.82. The SMILES string of the molecule is CC(CC(=O)NCc1ccccc1)c1ccc(O)c(O)c1. The van der Waals surface area contributed by atoms with Gasteiger partial charge in [-0.05, 0) is 29.2 Å². The molecule has 0 saturated heterocycles. The summed E-state index contributed by atoms with van der Waals surface area (Å²) < 4.78 is 0. The number of carbonyl (C=O) groups is 1. The van der Waals surface area contributed by atoms with Crippen molar-refractivity contribution in [1.82, 2.24) is 5.32 Å². The summed E-state index contributed by atoms with van der Waals surface area (Å²) in [7, 11) is 0. The van der Waals surface area contributed by atoms with Crippen molar-refractivity contribution < 1.29 is 15.0 Å². The van der Waals surface area contributed by atoms with E-state index in [1.54, 1.807) is 6.07 Å². The zero-order valence-corrected chi connectivity index (χ0v) is 11.9. The van der Waals surface area contributed by atoms with Gasteiger partial charge in [0.05, 0.1) is 0 Å². The van der Waals surface area contributed by atoms with Crippen LogP contribution >= 0.6 is 0 Å². The van der Waals surface area contributed by atoms with Gasteiger partial charge in [0.2, 0.25) is 5.91 Å². The quantitative estimate of drug-likeness (QED) is 0.740. The smallest absolute Gasteiger partial charge is 0.220 e. The van der Waals surface area contributed by atoms with Crippen molar-refractivity contribution in [2.45, 2.75) is 25.8 Å². The second-order valence-electron chi connectivity index (χ2n) is 5.12. The molecule has 3 N–H and O–H groups in total. The van der Waals surface area contributed by atoms with Crippen LogP contribution in [0.3, 0.4) is 0 Å². The minimum Gasteiger partial charge on any atom is -0.504 e. The van der Waals surface area contributed by atoms with Crippen LogP contribution in [0.15, 0.2) is 48.5 Å². The Balaban J connectivity index is 1.88. The molecule has 0 heterocycles. The first-order valence-corrected chi connectivity index (χ1v) is 6.88. The molecule has 4 heteroatoms. The van der Waals surface area contributed by atoms with E-state index in [9.17, 15) is 15.0 Å². The Bertz CT molecular complexity index is 611. The van der Waals surface area contributed by atoms with Gasteiger partial charge in [-0.2, -0.15) is 0 Å². The summed E-state index contributed by atoms with van der Waals surface area (Å²) in [6.45, 7) is 2.42. The summed E-state index contributed by atoms with van der Waals surface area (Å²) in [6, 6.07) is 14.4. The van der Waals surface area contributed by atoms with Crippen LogP contribution < -0.4 is 5.32 Å². The summed E-state index contributed by atoms with van der Waals surface area (Å²) in [5.74, 6) is -0.394. The standard InChI is InChI=1S/C17H19NO3/c1-12(14-7-8-15(19)16(20)10-14)9-17(21)18-11-13-5-3-2-4-6-13/h2-8,10,12,19-20H,9,11H2,1H3,(H,18,21). The highest BCUT2D eigenvalue weighted by Gasteiger charge is 2.12. The fourth-order valence-electron chi connectivity index (χ4n) is 2.11. The van der Waals surface area contributed by atoms with Crippen molar-refractivity contribution in [1.29, 1.82) is 0 Å². The number of aromatic hydroxyl groups is 2. The number of nitrogens with one attached hydrogen (secondary N) is 1. The molecule has 0 spiro atoms. The predicted octanol–water partition coefficient (Wildman–Crippen LogP) is 2.91. The highest BCUT2D eigenvalue weighted by Crippen LogP contribution is 2.29. The van der Waals surface area contributed by atoms with Crippen molar-refractivity contribution in [2.75, 3.05) is 0 Å². The molecule has 2 aromatic carbocycles. The summed E-state index contributed by atoms with van der Waals surface area (Å²) in [6.07, 6.45) is 0.330. The average Bonchev–Trinajstić information content (AvgIpc) is 2.49. The van der Waals surface area contributed by atoms with E-state index < -0.39 is 0 Å². The van der Waals surface area contributed by atoms with Crippen molar-refractivity contribution in [3.05, 3.63) is 59.7 Å². The molecule has 0 aromatic heterocycles. The number of phenolic OH excluding ortho intramolecular Hbond substituents is 2. The van der Waals surface area contributed by atoms with Gasteiger partial charge in [-0.15, -0.1) is 0 Å². The molecule has 21 heavy (non-hydrogen) atoms. The minimum absolute atomic E-state index is 0.0349. The van der Waals surface area contributed by atoms with E-state index in [2.05, 4.69) is 5.32 Å². The van der Waals surface area contributed by atoms with Crippen LogP contribution in [-0.2, 0) is 11.3 Å². The van der Waals surface area contributed by atoms with Gasteiger partial charge in [-0.1, -0.05) is 43.3 Å². The van der Waals surface area contributed by atoms with Gasteiger partial charge in [0, 0.05) is 13.0 Å². The third-order valence-corrected chi connectivity index (χ3v) is 3.39. The van der Waals surface area contributed by atoms with Crippen molar-refractivity contribution in [2.24, 2.45) is 0 Å². The van der Waals surface area contributed by atoms with Crippen LogP contribution in [0.4, 0.5) is 0 Å². The maximum atomic E-state index is 11.9.